The van der Waals surface area contributed by atoms with Gasteiger partial charge in [-0.3, -0.25) is 9.59 Å². The zero-order valence-corrected chi connectivity index (χ0v) is 19.9. The Bertz CT molecular complexity index is 1090. The summed E-state index contributed by atoms with van der Waals surface area (Å²) < 4.78 is 7.27. The van der Waals surface area contributed by atoms with Crippen LogP contribution in [-0.4, -0.2) is 35.4 Å². The summed E-state index contributed by atoms with van der Waals surface area (Å²) in [6.45, 7) is 10.6. The molecule has 0 saturated heterocycles. The molecule has 1 aromatic carbocycles. The molecule has 0 spiro atoms. The van der Waals surface area contributed by atoms with Crippen molar-refractivity contribution >= 4 is 23.7 Å². The first-order valence-corrected chi connectivity index (χ1v) is 10.9. The minimum Gasteiger partial charge on any atom is -0.453 e. The Labute approximate surface area is 195 Å². The molecule has 0 atom stereocenters. The number of ether oxygens (including phenoxy) is 1. The number of carbonyl (C=O) groups is 3. The first-order valence-electron chi connectivity index (χ1n) is 10.9. The second kappa shape index (κ2) is 11.8. The number of hydrogen-bond donors (Lipinski definition) is 1. The molecule has 2 rings (SSSR count). The molecular formula is C26H31N3O4. The molecule has 0 aliphatic carbocycles. The number of nitrogens with one attached hydrogen (secondary N) is 1. The molecular weight excluding hydrogens is 418 g/mol. The Morgan fingerprint density at radius 2 is 1.85 bits per heavy atom. The van der Waals surface area contributed by atoms with E-state index in [1.165, 1.54) is 13.0 Å². The number of nitriles is 1. The van der Waals surface area contributed by atoms with Crippen LogP contribution >= 0.6 is 0 Å². The lowest BCUT2D eigenvalue weighted by Gasteiger charge is -2.12. The maximum Gasteiger partial charge on any atom is 0.349 e. The number of carbonyl (C=O) groups excluding carboxylic acids is 3. The summed E-state index contributed by atoms with van der Waals surface area (Å²) >= 11 is 0. The van der Waals surface area contributed by atoms with Gasteiger partial charge in [-0.1, -0.05) is 38.1 Å². The predicted octanol–water partition coefficient (Wildman–Crippen LogP) is 3.77. The summed E-state index contributed by atoms with van der Waals surface area (Å²) in [6.07, 6.45) is 2.16. The molecule has 1 amide bonds. The van der Waals surface area contributed by atoms with Gasteiger partial charge in [-0.2, -0.15) is 5.26 Å². The van der Waals surface area contributed by atoms with Gasteiger partial charge in [0.15, 0.2) is 12.4 Å². The summed E-state index contributed by atoms with van der Waals surface area (Å²) in [6, 6.07) is 10.7. The number of esters is 1. The van der Waals surface area contributed by atoms with Crippen LogP contribution in [0, 0.1) is 31.1 Å². The Balaban J connectivity index is 2.00. The third-order valence-corrected chi connectivity index (χ3v) is 5.20. The fourth-order valence-corrected chi connectivity index (χ4v) is 3.44. The molecule has 1 N–H and O–H groups in total. The summed E-state index contributed by atoms with van der Waals surface area (Å²) in [5.74, 6) is -0.812. The van der Waals surface area contributed by atoms with Gasteiger partial charge in [0.25, 0.3) is 0 Å². The Morgan fingerprint density at radius 3 is 2.42 bits per heavy atom. The van der Waals surface area contributed by atoms with Crippen LogP contribution in [0.1, 0.15) is 53.6 Å². The van der Waals surface area contributed by atoms with E-state index in [1.54, 1.807) is 24.3 Å². The molecule has 2 aromatic rings. The SMILES string of the molecule is CC(=O)NCCc1ccc(C(=O)COC(=O)C(C#N)=Cc2cc(C)n(CC(C)C)c2C)cc1. The third kappa shape index (κ3) is 7.46. The minimum absolute atomic E-state index is 0.0900. The molecule has 7 nitrogen and oxygen atoms in total. The summed E-state index contributed by atoms with van der Waals surface area (Å²) in [5.41, 5.74) is 4.03. The molecule has 0 bridgehead atoms. The second-order valence-corrected chi connectivity index (χ2v) is 8.43. The third-order valence-electron chi connectivity index (χ3n) is 5.20. The lowest BCUT2D eigenvalue weighted by Crippen LogP contribution is -2.22. The molecule has 0 unspecified atom stereocenters. The van der Waals surface area contributed by atoms with Crippen molar-refractivity contribution in [3.8, 4) is 6.07 Å². The van der Waals surface area contributed by atoms with Crippen LogP contribution in [-0.2, 0) is 27.3 Å². The molecule has 1 heterocycles. The van der Waals surface area contributed by atoms with Gasteiger partial charge in [0.2, 0.25) is 5.91 Å². The average molecular weight is 450 g/mol. The molecule has 0 fully saturated rings. The molecule has 0 radical (unpaired) electrons. The van der Waals surface area contributed by atoms with Gasteiger partial charge in [-0.05, 0) is 49.5 Å². The zero-order chi connectivity index (χ0) is 24.5. The highest BCUT2D eigenvalue weighted by atomic mass is 16.5. The highest BCUT2D eigenvalue weighted by molar-refractivity contribution is 6.02. The van der Waals surface area contributed by atoms with Crippen LogP contribution in [0.2, 0.25) is 0 Å². The maximum atomic E-state index is 12.4. The zero-order valence-electron chi connectivity index (χ0n) is 19.9. The van der Waals surface area contributed by atoms with Gasteiger partial charge in [0.1, 0.15) is 11.6 Å². The first-order chi connectivity index (χ1) is 15.6. The van der Waals surface area contributed by atoms with Gasteiger partial charge in [0, 0.05) is 37.0 Å². The lowest BCUT2D eigenvalue weighted by molar-refractivity contribution is -0.137. The van der Waals surface area contributed by atoms with E-state index in [4.69, 9.17) is 4.74 Å². The standard InChI is InChI=1S/C26H31N3O4/c1-17(2)15-29-18(3)12-23(19(29)4)13-24(14-27)26(32)33-16-25(31)22-8-6-21(7-9-22)10-11-28-20(5)30/h6-9,12-13,17H,10-11,15-16H2,1-5H3,(H,28,30). The highest BCUT2D eigenvalue weighted by Gasteiger charge is 2.16. The Morgan fingerprint density at radius 1 is 1.18 bits per heavy atom. The fourth-order valence-electron chi connectivity index (χ4n) is 3.44. The van der Waals surface area contributed by atoms with Gasteiger partial charge in [-0.25, -0.2) is 4.79 Å². The minimum atomic E-state index is -0.827. The van der Waals surface area contributed by atoms with Crippen molar-refractivity contribution in [2.24, 2.45) is 5.92 Å². The maximum absolute atomic E-state index is 12.4. The number of aryl methyl sites for hydroxylation is 1. The summed E-state index contributed by atoms with van der Waals surface area (Å²) in [4.78, 5) is 35.7. The largest absolute Gasteiger partial charge is 0.453 e. The molecule has 0 aliphatic heterocycles. The predicted molar refractivity (Wildman–Crippen MR) is 126 cm³/mol. The van der Waals surface area contributed by atoms with E-state index in [0.29, 0.717) is 24.4 Å². The van der Waals surface area contributed by atoms with E-state index in [9.17, 15) is 19.6 Å². The second-order valence-electron chi connectivity index (χ2n) is 8.43. The van der Waals surface area contributed by atoms with Crippen molar-refractivity contribution in [2.45, 2.75) is 47.6 Å². The average Bonchev–Trinajstić information content (AvgIpc) is 3.02. The topological polar surface area (TPSA) is 101 Å². The number of aromatic nitrogens is 1. The number of benzene rings is 1. The number of amides is 1. The van der Waals surface area contributed by atoms with Crippen molar-refractivity contribution in [3.05, 3.63) is 64.0 Å². The van der Waals surface area contributed by atoms with Crippen molar-refractivity contribution in [1.29, 1.82) is 5.26 Å². The normalized spacial score (nSPS) is 11.2. The van der Waals surface area contributed by atoms with Crippen molar-refractivity contribution in [2.75, 3.05) is 13.2 Å². The number of rotatable bonds is 10. The van der Waals surface area contributed by atoms with Gasteiger partial charge < -0.3 is 14.6 Å². The Hall–Kier alpha value is -3.66. The Kier molecular flexibility index (Phi) is 9.17. The molecule has 0 saturated carbocycles. The van der Waals surface area contributed by atoms with E-state index in [1.807, 2.05) is 26.0 Å². The van der Waals surface area contributed by atoms with Crippen LogP contribution in [0.25, 0.3) is 6.08 Å². The molecule has 7 heteroatoms. The number of nitrogens with zero attached hydrogens (tertiary/aromatic N) is 2. The van der Waals surface area contributed by atoms with Crippen molar-refractivity contribution in [3.63, 3.8) is 0 Å². The summed E-state index contributed by atoms with van der Waals surface area (Å²) in [7, 11) is 0. The van der Waals surface area contributed by atoms with Crippen molar-refractivity contribution < 1.29 is 19.1 Å². The van der Waals surface area contributed by atoms with Gasteiger partial charge in [-0.15, -0.1) is 0 Å². The van der Waals surface area contributed by atoms with E-state index < -0.39 is 12.6 Å². The lowest BCUT2D eigenvalue weighted by atomic mass is 10.1. The number of hydrogen-bond acceptors (Lipinski definition) is 5. The van der Waals surface area contributed by atoms with E-state index in [0.717, 1.165) is 29.1 Å². The number of ketones is 1. The van der Waals surface area contributed by atoms with Crippen LogP contribution in [0.15, 0.2) is 35.9 Å². The van der Waals surface area contributed by atoms with Crippen LogP contribution in [0.5, 0.6) is 0 Å². The van der Waals surface area contributed by atoms with Crippen molar-refractivity contribution in [1.82, 2.24) is 9.88 Å². The van der Waals surface area contributed by atoms with E-state index >= 15 is 0 Å². The molecule has 174 valence electrons. The summed E-state index contributed by atoms with van der Waals surface area (Å²) in [5, 5.41) is 12.2. The fraction of sp³-hybridized carbons (Fsp3) is 0.385. The quantitative estimate of drug-likeness (QED) is 0.257. The van der Waals surface area contributed by atoms with Crippen LogP contribution in [0.3, 0.4) is 0 Å². The number of Topliss-reactive ketones (excluding diaryl/α,β-unsaturated/α-hetero) is 1. The molecule has 0 aliphatic rings. The van der Waals surface area contributed by atoms with Crippen LogP contribution in [0.4, 0.5) is 0 Å². The van der Waals surface area contributed by atoms with Gasteiger partial charge >= 0.3 is 5.97 Å². The van der Waals surface area contributed by atoms with E-state index in [2.05, 4.69) is 23.7 Å². The highest BCUT2D eigenvalue weighted by Crippen LogP contribution is 2.20. The molecule has 33 heavy (non-hydrogen) atoms. The van der Waals surface area contributed by atoms with Crippen LogP contribution < -0.4 is 5.32 Å². The first kappa shape index (κ1) is 25.6. The monoisotopic (exact) mass is 449 g/mol. The van der Waals surface area contributed by atoms with E-state index in [-0.39, 0.29) is 17.3 Å². The van der Waals surface area contributed by atoms with Gasteiger partial charge in [0.05, 0.1) is 0 Å². The molecule has 1 aromatic heterocycles. The smallest absolute Gasteiger partial charge is 0.349 e.